The van der Waals surface area contributed by atoms with Gasteiger partial charge in [0.2, 0.25) is 0 Å². The van der Waals surface area contributed by atoms with Crippen molar-refractivity contribution in [3.8, 4) is 6.07 Å². The number of nitriles is 1. The lowest BCUT2D eigenvalue weighted by Gasteiger charge is -2.11. The fourth-order valence-corrected chi connectivity index (χ4v) is 1.63. The zero-order valence-corrected chi connectivity index (χ0v) is 10.2. The first-order valence-corrected chi connectivity index (χ1v) is 5.40. The number of halogens is 3. The average molecular weight is 275 g/mol. The summed E-state index contributed by atoms with van der Waals surface area (Å²) < 4.78 is 30.3. The van der Waals surface area contributed by atoms with Crippen molar-refractivity contribution in [1.29, 1.82) is 5.26 Å². The van der Waals surface area contributed by atoms with Crippen LogP contribution in [0.15, 0.2) is 6.20 Å². The van der Waals surface area contributed by atoms with Gasteiger partial charge in [-0.2, -0.15) is 5.26 Å². The van der Waals surface area contributed by atoms with Crippen LogP contribution in [0.1, 0.15) is 28.8 Å². The standard InChI is InChI=1S/C11H9ClF2N2O2/c1-18-9(17)2-8-10(11(13)14)7(4-15)6(3-12)5-16-8/h5,11H,2-3H2,1H3. The molecular weight excluding hydrogens is 266 g/mol. The summed E-state index contributed by atoms with van der Waals surface area (Å²) in [5.74, 6) is -0.805. The quantitative estimate of drug-likeness (QED) is 0.624. The predicted molar refractivity (Wildman–Crippen MR) is 59.2 cm³/mol. The van der Waals surface area contributed by atoms with Crippen LogP contribution in [0.3, 0.4) is 0 Å². The van der Waals surface area contributed by atoms with Gasteiger partial charge in [0.05, 0.1) is 36.2 Å². The van der Waals surface area contributed by atoms with E-state index in [1.807, 2.05) is 0 Å². The number of nitrogens with zero attached hydrogens (tertiary/aromatic N) is 2. The summed E-state index contributed by atoms with van der Waals surface area (Å²) in [4.78, 5) is 14.8. The van der Waals surface area contributed by atoms with E-state index in [1.165, 1.54) is 6.20 Å². The molecule has 1 aromatic rings. The van der Waals surface area contributed by atoms with Gasteiger partial charge in [0.1, 0.15) is 6.07 Å². The molecule has 0 radical (unpaired) electrons. The van der Waals surface area contributed by atoms with Crippen LogP contribution in [0.25, 0.3) is 0 Å². The summed E-state index contributed by atoms with van der Waals surface area (Å²) in [7, 11) is 1.14. The van der Waals surface area contributed by atoms with E-state index in [0.29, 0.717) is 0 Å². The molecule has 0 aliphatic rings. The Morgan fingerprint density at radius 2 is 2.33 bits per heavy atom. The van der Waals surface area contributed by atoms with Crippen LogP contribution in [-0.2, 0) is 21.8 Å². The van der Waals surface area contributed by atoms with Gasteiger partial charge < -0.3 is 4.74 Å². The average Bonchev–Trinajstić information content (AvgIpc) is 2.37. The van der Waals surface area contributed by atoms with Crippen molar-refractivity contribution in [3.05, 3.63) is 28.6 Å². The number of esters is 1. The van der Waals surface area contributed by atoms with Gasteiger partial charge in [-0.15, -0.1) is 11.6 Å². The molecule has 0 unspecified atom stereocenters. The second kappa shape index (κ2) is 6.26. The van der Waals surface area contributed by atoms with Crippen LogP contribution in [0.4, 0.5) is 8.78 Å². The molecule has 18 heavy (non-hydrogen) atoms. The van der Waals surface area contributed by atoms with Crippen LogP contribution in [-0.4, -0.2) is 18.1 Å². The Bertz CT molecular complexity index is 501. The maximum absolute atomic E-state index is 13.0. The van der Waals surface area contributed by atoms with E-state index < -0.39 is 24.4 Å². The van der Waals surface area contributed by atoms with E-state index in [1.54, 1.807) is 6.07 Å². The topological polar surface area (TPSA) is 63.0 Å². The number of alkyl halides is 3. The number of ether oxygens (including phenoxy) is 1. The highest BCUT2D eigenvalue weighted by Crippen LogP contribution is 2.28. The highest BCUT2D eigenvalue weighted by molar-refractivity contribution is 6.17. The minimum Gasteiger partial charge on any atom is -0.469 e. The normalized spacial score (nSPS) is 10.2. The third kappa shape index (κ3) is 2.93. The number of rotatable bonds is 4. The first-order valence-electron chi connectivity index (χ1n) is 4.86. The van der Waals surface area contributed by atoms with Gasteiger partial charge in [-0.3, -0.25) is 9.78 Å². The molecule has 0 N–H and O–H groups in total. The molecule has 0 saturated carbocycles. The molecule has 0 fully saturated rings. The smallest absolute Gasteiger partial charge is 0.311 e. The monoisotopic (exact) mass is 274 g/mol. The van der Waals surface area contributed by atoms with Crippen LogP contribution in [0.5, 0.6) is 0 Å². The van der Waals surface area contributed by atoms with Crippen molar-refractivity contribution in [1.82, 2.24) is 4.98 Å². The lowest BCUT2D eigenvalue weighted by Crippen LogP contribution is -2.11. The molecule has 1 rings (SSSR count). The summed E-state index contributed by atoms with van der Waals surface area (Å²) in [5, 5.41) is 8.91. The molecule has 1 heterocycles. The molecule has 0 aliphatic heterocycles. The van der Waals surface area contributed by atoms with E-state index in [9.17, 15) is 13.6 Å². The zero-order valence-electron chi connectivity index (χ0n) is 9.41. The number of hydrogen-bond donors (Lipinski definition) is 0. The zero-order chi connectivity index (χ0) is 13.7. The van der Waals surface area contributed by atoms with Crippen molar-refractivity contribution in [2.24, 2.45) is 0 Å². The number of carbonyl (C=O) groups excluding carboxylic acids is 1. The van der Waals surface area contributed by atoms with E-state index >= 15 is 0 Å². The number of methoxy groups -OCH3 is 1. The number of carbonyl (C=O) groups is 1. The first kappa shape index (κ1) is 14.3. The Morgan fingerprint density at radius 3 is 2.78 bits per heavy atom. The molecule has 0 spiro atoms. The molecule has 96 valence electrons. The second-order valence-electron chi connectivity index (χ2n) is 3.32. The highest BCUT2D eigenvalue weighted by Gasteiger charge is 2.23. The Morgan fingerprint density at radius 1 is 1.67 bits per heavy atom. The second-order valence-corrected chi connectivity index (χ2v) is 3.59. The van der Waals surface area contributed by atoms with Crippen molar-refractivity contribution < 1.29 is 18.3 Å². The Labute approximate surface area is 107 Å². The fraction of sp³-hybridized carbons (Fsp3) is 0.364. The highest BCUT2D eigenvalue weighted by atomic mass is 35.5. The van der Waals surface area contributed by atoms with Gasteiger partial charge in [-0.1, -0.05) is 0 Å². The van der Waals surface area contributed by atoms with Crippen molar-refractivity contribution in [3.63, 3.8) is 0 Å². The van der Waals surface area contributed by atoms with Crippen molar-refractivity contribution >= 4 is 17.6 Å². The summed E-state index contributed by atoms with van der Waals surface area (Å²) in [6.45, 7) is 0. The molecule has 0 atom stereocenters. The molecule has 0 amide bonds. The van der Waals surface area contributed by atoms with Gasteiger partial charge in [0.15, 0.2) is 0 Å². The number of pyridine rings is 1. The minimum atomic E-state index is -2.91. The van der Waals surface area contributed by atoms with Crippen molar-refractivity contribution in [2.75, 3.05) is 7.11 Å². The molecule has 0 aliphatic carbocycles. The molecule has 0 aromatic carbocycles. The third-order valence-electron chi connectivity index (χ3n) is 2.29. The van der Waals surface area contributed by atoms with E-state index in [4.69, 9.17) is 16.9 Å². The minimum absolute atomic E-state index is 0.103. The molecule has 0 bridgehead atoms. The molecular formula is C11H9ClF2N2O2. The Balaban J connectivity index is 3.36. The predicted octanol–water partition coefficient (Wildman–Crippen LogP) is 2.35. The van der Waals surface area contributed by atoms with E-state index in [-0.39, 0.29) is 22.7 Å². The molecule has 4 nitrogen and oxygen atoms in total. The van der Waals surface area contributed by atoms with E-state index in [2.05, 4.69) is 9.72 Å². The maximum atomic E-state index is 13.0. The molecule has 7 heteroatoms. The van der Waals surface area contributed by atoms with Gasteiger partial charge in [-0.25, -0.2) is 8.78 Å². The van der Waals surface area contributed by atoms with Gasteiger partial charge >= 0.3 is 5.97 Å². The van der Waals surface area contributed by atoms with Gasteiger partial charge in [0, 0.05) is 11.8 Å². The van der Waals surface area contributed by atoms with Gasteiger partial charge in [0.25, 0.3) is 6.43 Å². The number of hydrogen-bond acceptors (Lipinski definition) is 4. The summed E-state index contributed by atoms with van der Waals surface area (Å²) >= 11 is 5.55. The first-order chi connectivity index (χ1) is 8.54. The summed E-state index contributed by atoms with van der Waals surface area (Å²) in [5.41, 5.74) is -0.736. The SMILES string of the molecule is COC(=O)Cc1ncc(CCl)c(C#N)c1C(F)F. The van der Waals surface area contributed by atoms with E-state index in [0.717, 1.165) is 7.11 Å². The van der Waals surface area contributed by atoms with Crippen LogP contribution in [0, 0.1) is 11.3 Å². The molecule has 1 aromatic heterocycles. The summed E-state index contributed by atoms with van der Waals surface area (Å²) in [6.07, 6.45) is -2.10. The summed E-state index contributed by atoms with van der Waals surface area (Å²) in [6, 6.07) is 1.67. The van der Waals surface area contributed by atoms with Crippen LogP contribution < -0.4 is 0 Å². The maximum Gasteiger partial charge on any atom is 0.311 e. The Hall–Kier alpha value is -1.74. The largest absolute Gasteiger partial charge is 0.469 e. The fourth-order valence-electron chi connectivity index (χ4n) is 1.43. The van der Waals surface area contributed by atoms with Crippen molar-refractivity contribution in [2.45, 2.75) is 18.7 Å². The lowest BCUT2D eigenvalue weighted by molar-refractivity contribution is -0.139. The third-order valence-corrected chi connectivity index (χ3v) is 2.58. The molecule has 0 saturated heterocycles. The lowest BCUT2D eigenvalue weighted by atomic mass is 10.0. The number of aromatic nitrogens is 1. The van der Waals surface area contributed by atoms with Crippen LogP contribution in [0.2, 0.25) is 0 Å². The Kier molecular flexibility index (Phi) is 4.98. The van der Waals surface area contributed by atoms with Crippen LogP contribution >= 0.6 is 11.6 Å². The van der Waals surface area contributed by atoms with Gasteiger partial charge in [-0.05, 0) is 0 Å².